The smallest absolute Gasteiger partial charge is 0.0759 e. The monoisotopic (exact) mass is 297 g/mol. The van der Waals surface area contributed by atoms with Crippen molar-refractivity contribution < 1.29 is 5.11 Å². The molecule has 0 amide bonds. The molecule has 1 aromatic rings. The Morgan fingerprint density at radius 3 is 2.64 bits per heavy atom. The van der Waals surface area contributed by atoms with Crippen molar-refractivity contribution in [1.29, 1.82) is 0 Å². The molecule has 0 spiro atoms. The third kappa shape index (κ3) is 1.93. The van der Waals surface area contributed by atoms with Gasteiger partial charge in [0.25, 0.3) is 0 Å². The highest BCUT2D eigenvalue weighted by Crippen LogP contribution is 2.55. The highest BCUT2D eigenvalue weighted by molar-refractivity contribution is 5.63. The van der Waals surface area contributed by atoms with Gasteiger partial charge in [-0.3, -0.25) is 0 Å². The molecule has 118 valence electrons. The number of fused-ring (bicyclic) bond motifs is 2. The minimum atomic E-state index is -0.503. The summed E-state index contributed by atoms with van der Waals surface area (Å²) in [7, 11) is 4.27. The first kappa shape index (κ1) is 14.5. The maximum Gasteiger partial charge on any atom is 0.0759 e. The molecular formula is C20H27NO. The van der Waals surface area contributed by atoms with Gasteiger partial charge in [-0.2, -0.15) is 0 Å². The van der Waals surface area contributed by atoms with Gasteiger partial charge in [0.05, 0.1) is 5.60 Å². The number of hydrogen-bond donors (Lipinski definition) is 1. The molecule has 0 saturated heterocycles. The number of rotatable bonds is 3. The highest BCUT2D eigenvalue weighted by Gasteiger charge is 2.58. The van der Waals surface area contributed by atoms with Gasteiger partial charge in [0.2, 0.25) is 0 Å². The van der Waals surface area contributed by atoms with E-state index in [1.165, 1.54) is 47.9 Å². The Morgan fingerprint density at radius 1 is 1.14 bits per heavy atom. The lowest BCUT2D eigenvalue weighted by Gasteiger charge is -2.55. The summed E-state index contributed by atoms with van der Waals surface area (Å²) in [5, 5.41) is 11.4. The summed E-state index contributed by atoms with van der Waals surface area (Å²) >= 11 is 0. The van der Waals surface area contributed by atoms with Gasteiger partial charge in [0.15, 0.2) is 0 Å². The van der Waals surface area contributed by atoms with E-state index in [0.717, 1.165) is 25.8 Å². The minimum Gasteiger partial charge on any atom is -0.389 e. The number of hydrogen-bond acceptors (Lipinski definition) is 2. The summed E-state index contributed by atoms with van der Waals surface area (Å²) in [4.78, 5) is 2.26. The molecule has 2 heteroatoms. The van der Waals surface area contributed by atoms with E-state index in [4.69, 9.17) is 0 Å². The van der Waals surface area contributed by atoms with Crippen molar-refractivity contribution in [2.24, 2.45) is 0 Å². The van der Waals surface area contributed by atoms with E-state index in [2.05, 4.69) is 43.3 Å². The summed E-state index contributed by atoms with van der Waals surface area (Å²) < 4.78 is 0. The van der Waals surface area contributed by atoms with Gasteiger partial charge in [0, 0.05) is 12.0 Å². The average Bonchev–Trinajstić information content (AvgIpc) is 2.92. The lowest BCUT2D eigenvalue weighted by atomic mass is 9.54. The fraction of sp³-hybridized carbons (Fsp3) is 0.600. The zero-order chi connectivity index (χ0) is 15.4. The van der Waals surface area contributed by atoms with Gasteiger partial charge < -0.3 is 10.0 Å². The molecule has 0 aromatic heterocycles. The summed E-state index contributed by atoms with van der Waals surface area (Å²) in [6.45, 7) is 0.957. The van der Waals surface area contributed by atoms with Gasteiger partial charge in [-0.15, -0.1) is 0 Å². The van der Waals surface area contributed by atoms with Gasteiger partial charge in [-0.25, -0.2) is 0 Å². The second kappa shape index (κ2) is 4.94. The van der Waals surface area contributed by atoms with E-state index in [1.54, 1.807) is 0 Å². The zero-order valence-corrected chi connectivity index (χ0v) is 13.9. The fourth-order valence-electron chi connectivity index (χ4n) is 5.12. The van der Waals surface area contributed by atoms with E-state index in [0.29, 0.717) is 0 Å². The zero-order valence-electron chi connectivity index (χ0n) is 13.9. The van der Waals surface area contributed by atoms with Crippen LogP contribution in [-0.4, -0.2) is 36.2 Å². The third-order valence-electron chi connectivity index (χ3n) is 6.16. The maximum absolute atomic E-state index is 11.4. The summed E-state index contributed by atoms with van der Waals surface area (Å²) in [6, 6.07) is 4.81. The predicted octanol–water partition coefficient (Wildman–Crippen LogP) is 3.31. The Balaban J connectivity index is 1.80. The van der Waals surface area contributed by atoms with Gasteiger partial charge in [-0.1, -0.05) is 37.1 Å². The van der Waals surface area contributed by atoms with Gasteiger partial charge >= 0.3 is 0 Å². The fourth-order valence-corrected chi connectivity index (χ4v) is 5.12. The molecule has 0 radical (unpaired) electrons. The van der Waals surface area contributed by atoms with Crippen LogP contribution in [0.4, 0.5) is 0 Å². The highest BCUT2D eigenvalue weighted by atomic mass is 16.3. The van der Waals surface area contributed by atoms with Crippen LogP contribution in [0.5, 0.6) is 0 Å². The number of nitrogens with zero attached hydrogens (tertiary/aromatic N) is 1. The van der Waals surface area contributed by atoms with Crippen molar-refractivity contribution in [3.8, 4) is 0 Å². The maximum atomic E-state index is 11.4. The minimum absolute atomic E-state index is 0.0529. The standard InChI is InChI=1S/C20H27NO/c1-21(2)14-19(20(22)9-5-6-10-20)13-17-11-15-7-3-4-8-16(15)12-18(17)19/h4,8,11-12,22H,3,5-7,9-10,13-14H2,1-2H3. The molecule has 2 nitrogen and oxygen atoms in total. The van der Waals surface area contributed by atoms with Crippen LogP contribution in [0.3, 0.4) is 0 Å². The molecule has 22 heavy (non-hydrogen) atoms. The van der Waals surface area contributed by atoms with E-state index in [1.807, 2.05) is 0 Å². The number of likely N-dealkylation sites (N-methyl/N-ethyl adjacent to an activating group) is 1. The lowest BCUT2D eigenvalue weighted by Crippen LogP contribution is -2.61. The van der Waals surface area contributed by atoms with Crippen LogP contribution in [0.15, 0.2) is 18.2 Å². The number of allylic oxidation sites excluding steroid dienone is 1. The van der Waals surface area contributed by atoms with Crippen molar-refractivity contribution in [2.45, 2.75) is 56.0 Å². The first-order chi connectivity index (χ1) is 10.5. The molecule has 4 rings (SSSR count). The Hall–Kier alpha value is -1.12. The van der Waals surface area contributed by atoms with Crippen LogP contribution in [0, 0.1) is 0 Å². The summed E-state index contributed by atoms with van der Waals surface area (Å²) in [5.74, 6) is 0. The van der Waals surface area contributed by atoms with Gasteiger partial charge in [0.1, 0.15) is 0 Å². The molecule has 0 bridgehead atoms. The third-order valence-corrected chi connectivity index (χ3v) is 6.16. The molecule has 1 saturated carbocycles. The quantitative estimate of drug-likeness (QED) is 0.925. The van der Waals surface area contributed by atoms with Crippen molar-refractivity contribution in [1.82, 2.24) is 4.90 Å². The number of aliphatic hydroxyl groups is 1. The first-order valence-corrected chi connectivity index (χ1v) is 8.74. The van der Waals surface area contributed by atoms with Crippen LogP contribution in [0.1, 0.15) is 54.4 Å². The van der Waals surface area contributed by atoms with E-state index < -0.39 is 5.60 Å². The normalized spacial score (nSPS) is 28.4. The topological polar surface area (TPSA) is 23.5 Å². The van der Waals surface area contributed by atoms with Gasteiger partial charge in [-0.05, 0) is 68.5 Å². The molecule has 0 aliphatic heterocycles. The van der Waals surface area contributed by atoms with Crippen molar-refractivity contribution in [2.75, 3.05) is 20.6 Å². The van der Waals surface area contributed by atoms with Crippen LogP contribution in [0.25, 0.3) is 6.08 Å². The predicted molar refractivity (Wildman–Crippen MR) is 91.2 cm³/mol. The van der Waals surface area contributed by atoms with E-state index in [-0.39, 0.29) is 5.41 Å². The Labute approximate surface area is 133 Å². The second-order valence-corrected chi connectivity index (χ2v) is 7.88. The Kier molecular flexibility index (Phi) is 3.25. The molecular weight excluding hydrogens is 270 g/mol. The molecule has 1 unspecified atom stereocenters. The Bertz CT molecular complexity index is 625. The van der Waals surface area contributed by atoms with Crippen LogP contribution in [-0.2, 0) is 18.3 Å². The van der Waals surface area contributed by atoms with E-state index >= 15 is 0 Å². The molecule has 1 atom stereocenters. The van der Waals surface area contributed by atoms with Crippen LogP contribution in [0.2, 0.25) is 0 Å². The molecule has 0 heterocycles. The van der Waals surface area contributed by atoms with E-state index in [9.17, 15) is 5.11 Å². The van der Waals surface area contributed by atoms with Crippen LogP contribution < -0.4 is 0 Å². The average molecular weight is 297 g/mol. The lowest BCUT2D eigenvalue weighted by molar-refractivity contribution is -0.0563. The molecule has 1 N–H and O–H groups in total. The summed E-state index contributed by atoms with van der Waals surface area (Å²) in [5.41, 5.74) is 5.24. The molecule has 1 aromatic carbocycles. The molecule has 1 fully saturated rings. The van der Waals surface area contributed by atoms with Crippen LogP contribution >= 0.6 is 0 Å². The number of benzene rings is 1. The van der Waals surface area contributed by atoms with Crippen molar-refractivity contribution in [3.63, 3.8) is 0 Å². The van der Waals surface area contributed by atoms with Crippen molar-refractivity contribution >= 4 is 6.08 Å². The largest absolute Gasteiger partial charge is 0.389 e. The van der Waals surface area contributed by atoms with Crippen molar-refractivity contribution in [3.05, 3.63) is 40.5 Å². The number of aryl methyl sites for hydroxylation is 1. The summed E-state index contributed by atoms with van der Waals surface area (Å²) in [6.07, 6.45) is 12.2. The second-order valence-electron chi connectivity index (χ2n) is 7.88. The molecule has 3 aliphatic carbocycles. The first-order valence-electron chi connectivity index (χ1n) is 8.74. The Morgan fingerprint density at radius 2 is 1.91 bits per heavy atom. The molecule has 3 aliphatic rings. The SMILES string of the molecule is CN(C)CC1(C2(O)CCCC2)Cc2cc3c(cc21)C=CCC3.